The minimum absolute atomic E-state index is 0.772. The van der Waals surface area contributed by atoms with E-state index < -0.39 is 37.3 Å². The van der Waals surface area contributed by atoms with E-state index in [-0.39, 0.29) is 0 Å². The third-order valence-corrected chi connectivity index (χ3v) is 1.63. The lowest BCUT2D eigenvalue weighted by Gasteiger charge is -2.26. The maximum atomic E-state index is 9.05. The van der Waals surface area contributed by atoms with Crippen LogP contribution in [0.4, 0.5) is 0 Å². The summed E-state index contributed by atoms with van der Waals surface area (Å²) in [6.45, 7) is -0.772. The molecule has 0 heterocycles. The van der Waals surface area contributed by atoms with E-state index in [2.05, 4.69) is 0 Å². The molecule has 0 aromatic rings. The maximum absolute atomic E-state index is 9.05. The molecule has 5 atom stereocenters. The van der Waals surface area contributed by atoms with Crippen LogP contribution in [0.2, 0.25) is 0 Å². The van der Waals surface area contributed by atoms with Gasteiger partial charge in [-0.2, -0.15) is 0 Å². The lowest BCUT2D eigenvalue weighted by atomic mass is 10.0. The molecule has 80 valence electrons. The minimum atomic E-state index is -1.82. The molecule has 0 aliphatic heterocycles. The summed E-state index contributed by atoms with van der Waals surface area (Å²) in [6, 6.07) is 0. The van der Waals surface area contributed by atoms with Crippen LogP contribution in [-0.2, 0) is 0 Å². The molecule has 0 aliphatic carbocycles. The Labute approximate surface area is 74.7 Å². The fraction of sp³-hybridized carbons (Fsp3) is 1.00. The van der Waals surface area contributed by atoms with Crippen LogP contribution in [0.3, 0.4) is 0 Å². The summed E-state index contributed by atoms with van der Waals surface area (Å²) >= 11 is 0. The molecule has 0 rings (SSSR count). The molecule has 0 saturated carbocycles. The molecule has 0 radical (unpaired) electrons. The van der Waals surface area contributed by atoms with E-state index in [4.69, 9.17) is 36.4 Å². The van der Waals surface area contributed by atoms with Crippen molar-refractivity contribution >= 4 is 0 Å². The van der Waals surface area contributed by atoms with E-state index in [1.165, 1.54) is 0 Å². The zero-order valence-corrected chi connectivity index (χ0v) is 6.85. The predicted octanol–water partition coefficient (Wildman–Crippen LogP) is -4.30. The lowest BCUT2D eigenvalue weighted by molar-refractivity contribution is -0.139. The van der Waals surface area contributed by atoms with Crippen molar-refractivity contribution in [2.75, 3.05) is 6.61 Å². The van der Waals surface area contributed by atoms with Crippen LogP contribution >= 0.6 is 0 Å². The summed E-state index contributed by atoms with van der Waals surface area (Å²) in [5, 5.41) is 52.8. The number of aliphatic hydroxyl groups excluding tert-OH is 6. The zero-order valence-electron chi connectivity index (χ0n) is 6.85. The van der Waals surface area contributed by atoms with Crippen molar-refractivity contribution < 1.29 is 30.6 Å². The first-order valence-electron chi connectivity index (χ1n) is 3.68. The van der Waals surface area contributed by atoms with E-state index in [0.29, 0.717) is 0 Å². The first kappa shape index (κ1) is 12.7. The molecular formula is C6H15NO6. The van der Waals surface area contributed by atoms with E-state index in [1.807, 2.05) is 0 Å². The second-order valence-electron chi connectivity index (χ2n) is 2.71. The van der Waals surface area contributed by atoms with Gasteiger partial charge in [0.2, 0.25) is 0 Å². The van der Waals surface area contributed by atoms with Crippen molar-refractivity contribution in [3.8, 4) is 0 Å². The van der Waals surface area contributed by atoms with Gasteiger partial charge in [-0.25, -0.2) is 0 Å². The van der Waals surface area contributed by atoms with E-state index in [0.717, 1.165) is 0 Å². The molecule has 0 saturated heterocycles. The molecule has 13 heavy (non-hydrogen) atoms. The average Bonchev–Trinajstić information content (AvgIpc) is 2.12. The standard InChI is InChI=1S/C6H15NO6/c7-6(13)5(12)4(11)3(10)2(9)1-8/h2-6,8-13H,1,7H2/t2-,3+,4-,5-,6?/m1/s1. The topological polar surface area (TPSA) is 147 Å². The fourth-order valence-electron chi connectivity index (χ4n) is 0.740. The lowest BCUT2D eigenvalue weighted by Crippen LogP contribution is -2.52. The molecule has 7 nitrogen and oxygen atoms in total. The number of rotatable bonds is 5. The van der Waals surface area contributed by atoms with Crippen molar-refractivity contribution in [1.82, 2.24) is 0 Å². The van der Waals surface area contributed by atoms with E-state index in [9.17, 15) is 0 Å². The third-order valence-electron chi connectivity index (χ3n) is 1.63. The Hall–Kier alpha value is -0.280. The number of hydrogen-bond donors (Lipinski definition) is 7. The van der Waals surface area contributed by atoms with Gasteiger partial charge in [0.15, 0.2) is 0 Å². The highest BCUT2D eigenvalue weighted by Crippen LogP contribution is 2.05. The van der Waals surface area contributed by atoms with E-state index >= 15 is 0 Å². The van der Waals surface area contributed by atoms with Gasteiger partial charge in [0.25, 0.3) is 0 Å². The SMILES string of the molecule is NC(O)[C@H](O)[C@H](O)[C@@H](O)[C@H](O)CO. The Balaban J connectivity index is 4.15. The molecule has 0 amide bonds. The van der Waals surface area contributed by atoms with Crippen molar-refractivity contribution in [3.05, 3.63) is 0 Å². The molecule has 0 aromatic heterocycles. The van der Waals surface area contributed by atoms with Gasteiger partial charge in [-0.15, -0.1) is 0 Å². The summed E-state index contributed by atoms with van der Waals surface area (Å²) in [5.41, 5.74) is 4.81. The monoisotopic (exact) mass is 197 g/mol. The van der Waals surface area contributed by atoms with Crippen LogP contribution in [0.25, 0.3) is 0 Å². The predicted molar refractivity (Wildman–Crippen MR) is 41.3 cm³/mol. The molecule has 0 bridgehead atoms. The third kappa shape index (κ3) is 3.53. The molecule has 1 unspecified atom stereocenters. The molecule has 0 fully saturated rings. The maximum Gasteiger partial charge on any atom is 0.131 e. The summed E-state index contributed by atoms with van der Waals surface area (Å²) in [6.07, 6.45) is -8.68. The van der Waals surface area contributed by atoms with Crippen molar-refractivity contribution in [2.24, 2.45) is 5.73 Å². The Morgan fingerprint density at radius 2 is 1.31 bits per heavy atom. The van der Waals surface area contributed by atoms with Gasteiger partial charge in [0, 0.05) is 0 Å². The molecular weight excluding hydrogens is 182 g/mol. The molecule has 0 aliphatic rings. The quantitative estimate of drug-likeness (QED) is 0.220. The van der Waals surface area contributed by atoms with Gasteiger partial charge in [0.1, 0.15) is 30.6 Å². The van der Waals surface area contributed by atoms with Crippen molar-refractivity contribution in [3.63, 3.8) is 0 Å². The molecule has 8 N–H and O–H groups in total. The van der Waals surface area contributed by atoms with Crippen LogP contribution in [0.1, 0.15) is 0 Å². The highest BCUT2D eigenvalue weighted by atomic mass is 16.4. The Kier molecular flexibility index (Phi) is 5.33. The molecule has 0 aromatic carbocycles. The van der Waals surface area contributed by atoms with Gasteiger partial charge in [0.05, 0.1) is 6.61 Å². The van der Waals surface area contributed by atoms with Crippen molar-refractivity contribution in [2.45, 2.75) is 30.6 Å². The van der Waals surface area contributed by atoms with Gasteiger partial charge >= 0.3 is 0 Å². The highest BCUT2D eigenvalue weighted by Gasteiger charge is 2.32. The highest BCUT2D eigenvalue weighted by molar-refractivity contribution is 4.82. The first-order valence-corrected chi connectivity index (χ1v) is 3.68. The molecule has 7 heteroatoms. The summed E-state index contributed by atoms with van der Waals surface area (Å²) < 4.78 is 0. The Morgan fingerprint density at radius 1 is 0.846 bits per heavy atom. The summed E-state index contributed by atoms with van der Waals surface area (Å²) in [5.74, 6) is 0. The molecule has 0 spiro atoms. The van der Waals surface area contributed by atoms with Crippen molar-refractivity contribution in [1.29, 1.82) is 0 Å². The number of hydrogen-bond acceptors (Lipinski definition) is 7. The van der Waals surface area contributed by atoms with Crippen LogP contribution < -0.4 is 5.73 Å². The van der Waals surface area contributed by atoms with Gasteiger partial charge in [-0.3, -0.25) is 0 Å². The van der Waals surface area contributed by atoms with Gasteiger partial charge < -0.3 is 36.4 Å². The number of nitrogens with two attached hydrogens (primary N) is 1. The van der Waals surface area contributed by atoms with Crippen LogP contribution in [0.5, 0.6) is 0 Å². The summed E-state index contributed by atoms with van der Waals surface area (Å²) in [4.78, 5) is 0. The Morgan fingerprint density at radius 3 is 1.62 bits per heavy atom. The van der Waals surface area contributed by atoms with Gasteiger partial charge in [-0.1, -0.05) is 0 Å². The fourth-order valence-corrected chi connectivity index (χ4v) is 0.740. The average molecular weight is 197 g/mol. The smallest absolute Gasteiger partial charge is 0.131 e. The zero-order chi connectivity index (χ0) is 10.6. The summed E-state index contributed by atoms with van der Waals surface area (Å²) in [7, 11) is 0. The van der Waals surface area contributed by atoms with Crippen LogP contribution in [0, 0.1) is 0 Å². The van der Waals surface area contributed by atoms with E-state index in [1.54, 1.807) is 0 Å². The Bertz CT molecular complexity index is 143. The van der Waals surface area contributed by atoms with Gasteiger partial charge in [-0.05, 0) is 0 Å². The van der Waals surface area contributed by atoms with Crippen LogP contribution in [-0.4, -0.2) is 67.9 Å². The first-order chi connectivity index (χ1) is 5.91. The van der Waals surface area contributed by atoms with Crippen LogP contribution in [0.15, 0.2) is 0 Å². The number of aliphatic hydroxyl groups is 6. The second kappa shape index (κ2) is 5.45. The largest absolute Gasteiger partial charge is 0.394 e. The minimum Gasteiger partial charge on any atom is -0.394 e. The normalized spacial score (nSPS) is 23.3. The second-order valence-corrected chi connectivity index (χ2v) is 2.71.